The lowest BCUT2D eigenvalue weighted by atomic mass is 9.93. The second kappa shape index (κ2) is 7.92. The largest absolute Gasteiger partial charge is 0.497 e. The third-order valence-corrected chi connectivity index (χ3v) is 4.54. The standard InChI is InChI=1S/C22H26N2O4/c1-22(2,3)28-21(26)24-14-16-8-6-5-7-15(16)13-19(24)20(25)23-17-9-11-18(27-4)12-10-17/h5-12,19H,13-14H2,1-4H3,(H,23,25)/t19-/m0/s1. The number of hydrogen-bond donors (Lipinski definition) is 1. The van der Waals surface area contributed by atoms with Gasteiger partial charge >= 0.3 is 6.09 Å². The van der Waals surface area contributed by atoms with Crippen LogP contribution in [0.5, 0.6) is 5.75 Å². The number of methoxy groups -OCH3 is 1. The minimum atomic E-state index is -0.646. The van der Waals surface area contributed by atoms with Crippen molar-refractivity contribution in [2.45, 2.75) is 45.4 Å². The second-order valence-electron chi connectivity index (χ2n) is 7.81. The average molecular weight is 382 g/mol. The van der Waals surface area contributed by atoms with Gasteiger partial charge in [-0.05, 0) is 56.2 Å². The molecule has 1 aliphatic rings. The highest BCUT2D eigenvalue weighted by molar-refractivity contribution is 5.97. The van der Waals surface area contributed by atoms with Crippen LogP contribution in [0.4, 0.5) is 10.5 Å². The quantitative estimate of drug-likeness (QED) is 0.871. The summed E-state index contributed by atoms with van der Waals surface area (Å²) in [5, 5.41) is 2.90. The number of carbonyl (C=O) groups is 2. The van der Waals surface area contributed by atoms with E-state index in [1.54, 1.807) is 31.4 Å². The zero-order valence-electron chi connectivity index (χ0n) is 16.7. The minimum absolute atomic E-state index is 0.245. The number of hydrogen-bond acceptors (Lipinski definition) is 4. The van der Waals surface area contributed by atoms with Gasteiger partial charge in [0.05, 0.1) is 13.7 Å². The van der Waals surface area contributed by atoms with Gasteiger partial charge < -0.3 is 14.8 Å². The van der Waals surface area contributed by atoms with Gasteiger partial charge in [0, 0.05) is 12.1 Å². The Morgan fingerprint density at radius 2 is 1.68 bits per heavy atom. The first-order chi connectivity index (χ1) is 13.3. The SMILES string of the molecule is COc1ccc(NC(=O)[C@@H]2Cc3ccccc3CN2C(=O)OC(C)(C)C)cc1. The molecule has 0 saturated carbocycles. The van der Waals surface area contributed by atoms with Gasteiger partial charge in [0.1, 0.15) is 17.4 Å². The van der Waals surface area contributed by atoms with Crippen molar-refractivity contribution in [2.75, 3.05) is 12.4 Å². The van der Waals surface area contributed by atoms with Gasteiger partial charge in [-0.2, -0.15) is 0 Å². The summed E-state index contributed by atoms with van der Waals surface area (Å²) in [5.41, 5.74) is 2.11. The molecule has 28 heavy (non-hydrogen) atoms. The summed E-state index contributed by atoms with van der Waals surface area (Å²) in [5.74, 6) is 0.463. The maximum atomic E-state index is 13.0. The molecule has 1 aliphatic heterocycles. The van der Waals surface area contributed by atoms with Crippen LogP contribution in [0.1, 0.15) is 31.9 Å². The van der Waals surface area contributed by atoms with Crippen LogP contribution >= 0.6 is 0 Å². The molecule has 0 unspecified atom stereocenters. The molecule has 6 heteroatoms. The molecule has 1 heterocycles. The van der Waals surface area contributed by atoms with E-state index in [4.69, 9.17) is 9.47 Å². The number of nitrogens with zero attached hydrogens (tertiary/aromatic N) is 1. The molecule has 2 amide bonds. The lowest BCUT2D eigenvalue weighted by molar-refractivity contribution is -0.121. The Hall–Kier alpha value is -3.02. The van der Waals surface area contributed by atoms with Crippen molar-refractivity contribution in [1.82, 2.24) is 4.90 Å². The van der Waals surface area contributed by atoms with E-state index in [1.807, 2.05) is 45.0 Å². The third-order valence-electron chi connectivity index (χ3n) is 4.54. The first-order valence-corrected chi connectivity index (χ1v) is 9.28. The molecule has 6 nitrogen and oxygen atoms in total. The van der Waals surface area contributed by atoms with E-state index in [1.165, 1.54) is 4.90 Å². The Bertz CT molecular complexity index is 856. The van der Waals surface area contributed by atoms with Crippen molar-refractivity contribution < 1.29 is 19.1 Å². The zero-order chi connectivity index (χ0) is 20.3. The highest BCUT2D eigenvalue weighted by Crippen LogP contribution is 2.26. The molecule has 2 aromatic rings. The fourth-order valence-electron chi connectivity index (χ4n) is 3.17. The molecule has 3 rings (SSSR count). The number of rotatable bonds is 3. The number of carbonyl (C=O) groups excluding carboxylic acids is 2. The van der Waals surface area contributed by atoms with Gasteiger partial charge in [-0.3, -0.25) is 9.69 Å². The van der Waals surface area contributed by atoms with E-state index >= 15 is 0 Å². The first-order valence-electron chi connectivity index (χ1n) is 9.28. The van der Waals surface area contributed by atoms with Crippen LogP contribution in [0.3, 0.4) is 0 Å². The van der Waals surface area contributed by atoms with Crippen molar-refractivity contribution >= 4 is 17.7 Å². The fourth-order valence-corrected chi connectivity index (χ4v) is 3.17. The highest BCUT2D eigenvalue weighted by Gasteiger charge is 2.36. The fraction of sp³-hybridized carbons (Fsp3) is 0.364. The van der Waals surface area contributed by atoms with Gasteiger partial charge in [0.15, 0.2) is 0 Å². The lowest BCUT2D eigenvalue weighted by Crippen LogP contribution is -2.52. The number of fused-ring (bicyclic) bond motifs is 1. The highest BCUT2D eigenvalue weighted by atomic mass is 16.6. The van der Waals surface area contributed by atoms with Crippen LogP contribution in [-0.4, -0.2) is 35.7 Å². The lowest BCUT2D eigenvalue weighted by Gasteiger charge is -2.36. The molecule has 0 bridgehead atoms. The predicted octanol–water partition coefficient (Wildman–Crippen LogP) is 4.00. The van der Waals surface area contributed by atoms with Crippen molar-refractivity contribution in [2.24, 2.45) is 0 Å². The van der Waals surface area contributed by atoms with Gasteiger partial charge in [-0.15, -0.1) is 0 Å². The van der Waals surface area contributed by atoms with Gasteiger partial charge in [0.25, 0.3) is 0 Å². The third kappa shape index (κ3) is 4.63. The van der Waals surface area contributed by atoms with Crippen molar-refractivity contribution in [3.63, 3.8) is 0 Å². The van der Waals surface area contributed by atoms with Crippen LogP contribution in [0.15, 0.2) is 48.5 Å². The normalized spacial score (nSPS) is 16.1. The van der Waals surface area contributed by atoms with E-state index in [0.29, 0.717) is 24.4 Å². The van der Waals surface area contributed by atoms with E-state index in [-0.39, 0.29) is 5.91 Å². The second-order valence-corrected chi connectivity index (χ2v) is 7.81. The zero-order valence-corrected chi connectivity index (χ0v) is 16.7. The van der Waals surface area contributed by atoms with Crippen LogP contribution in [-0.2, 0) is 22.5 Å². The number of benzene rings is 2. The van der Waals surface area contributed by atoms with Crippen molar-refractivity contribution in [3.05, 3.63) is 59.7 Å². The number of amides is 2. The van der Waals surface area contributed by atoms with Crippen LogP contribution in [0.2, 0.25) is 0 Å². The first kappa shape index (κ1) is 19.7. The van der Waals surface area contributed by atoms with E-state index in [2.05, 4.69) is 5.32 Å². The van der Waals surface area contributed by atoms with Gasteiger partial charge in [-0.25, -0.2) is 4.79 Å². The van der Waals surface area contributed by atoms with Crippen LogP contribution in [0.25, 0.3) is 0 Å². The maximum absolute atomic E-state index is 13.0. The smallest absolute Gasteiger partial charge is 0.411 e. The Kier molecular flexibility index (Phi) is 5.58. The topological polar surface area (TPSA) is 67.9 Å². The molecule has 148 valence electrons. The minimum Gasteiger partial charge on any atom is -0.497 e. The van der Waals surface area contributed by atoms with Gasteiger partial charge in [0.2, 0.25) is 5.91 Å². The summed E-state index contributed by atoms with van der Waals surface area (Å²) in [7, 11) is 1.59. The summed E-state index contributed by atoms with van der Waals surface area (Å²) in [6, 6.07) is 14.3. The molecule has 0 aliphatic carbocycles. The Morgan fingerprint density at radius 1 is 1.04 bits per heavy atom. The number of nitrogens with one attached hydrogen (secondary N) is 1. The maximum Gasteiger partial charge on any atom is 0.411 e. The molecule has 0 saturated heterocycles. The molecule has 1 atom stereocenters. The summed E-state index contributed by atoms with van der Waals surface area (Å²) >= 11 is 0. The molecule has 2 aromatic carbocycles. The van der Waals surface area contributed by atoms with Crippen LogP contribution in [0, 0.1) is 0 Å². The summed E-state index contributed by atoms with van der Waals surface area (Å²) < 4.78 is 10.7. The number of ether oxygens (including phenoxy) is 2. The molecule has 0 fully saturated rings. The van der Waals surface area contributed by atoms with Crippen molar-refractivity contribution in [3.8, 4) is 5.75 Å². The Labute approximate surface area is 165 Å². The van der Waals surface area contributed by atoms with Crippen LogP contribution < -0.4 is 10.1 Å². The van der Waals surface area contributed by atoms with Gasteiger partial charge in [-0.1, -0.05) is 24.3 Å². The summed E-state index contributed by atoms with van der Waals surface area (Å²) in [6.45, 7) is 5.78. The molecule has 1 N–H and O–H groups in total. The Balaban J connectivity index is 1.83. The summed E-state index contributed by atoms with van der Waals surface area (Å²) in [4.78, 5) is 27.3. The van der Waals surface area contributed by atoms with E-state index < -0.39 is 17.7 Å². The summed E-state index contributed by atoms with van der Waals surface area (Å²) in [6.07, 6.45) is -0.0471. The monoisotopic (exact) mass is 382 g/mol. The van der Waals surface area contributed by atoms with Crippen molar-refractivity contribution in [1.29, 1.82) is 0 Å². The molecule has 0 radical (unpaired) electrons. The molecular formula is C22H26N2O4. The molecule has 0 spiro atoms. The van der Waals surface area contributed by atoms with E-state index in [9.17, 15) is 9.59 Å². The Morgan fingerprint density at radius 3 is 2.29 bits per heavy atom. The average Bonchev–Trinajstić information content (AvgIpc) is 2.66. The van der Waals surface area contributed by atoms with E-state index in [0.717, 1.165) is 11.1 Å². The molecule has 0 aromatic heterocycles. The molecular weight excluding hydrogens is 356 g/mol. The predicted molar refractivity (Wildman–Crippen MR) is 107 cm³/mol. The number of anilines is 1.